The van der Waals surface area contributed by atoms with Crippen molar-refractivity contribution in [2.45, 2.75) is 6.92 Å². The molecule has 2 aromatic carbocycles. The fourth-order valence-corrected chi connectivity index (χ4v) is 4.17. The molecule has 4 rings (SSSR count). The highest BCUT2D eigenvalue weighted by Gasteiger charge is 2.35. The Morgan fingerprint density at radius 3 is 2.48 bits per heavy atom. The number of benzene rings is 2. The van der Waals surface area contributed by atoms with Crippen LogP contribution in [-0.4, -0.2) is 48.0 Å². The number of non-ortho nitro benzene ring substituents is 1. The summed E-state index contributed by atoms with van der Waals surface area (Å²) in [7, 11) is 0. The molecular weight excluding hydrogens is 466 g/mol. The first kappa shape index (κ1) is 24.3. The summed E-state index contributed by atoms with van der Waals surface area (Å²) >= 11 is 5.27. The van der Waals surface area contributed by atoms with Crippen molar-refractivity contribution in [3.8, 4) is 0 Å². The van der Waals surface area contributed by atoms with Gasteiger partial charge in [-0.2, -0.15) is 0 Å². The largest absolute Gasteiger partial charge is 1.00 e. The van der Waals surface area contributed by atoms with Crippen molar-refractivity contribution in [1.29, 1.82) is 0 Å². The molecule has 2 saturated heterocycles. The number of nitrogens with two attached hydrogens (primary N) is 1. The van der Waals surface area contributed by atoms with Gasteiger partial charge in [-0.05, 0) is 42.9 Å². The highest BCUT2D eigenvalue weighted by molar-refractivity contribution is 7.80. The van der Waals surface area contributed by atoms with Gasteiger partial charge in [-0.3, -0.25) is 29.9 Å². The number of para-hydroxylation sites is 1. The Kier molecular flexibility index (Phi) is 7.42. The molecule has 2 aliphatic heterocycles. The van der Waals surface area contributed by atoms with E-state index in [1.807, 2.05) is 19.1 Å². The highest BCUT2D eigenvalue weighted by Crippen LogP contribution is 2.30. The second-order valence-corrected chi connectivity index (χ2v) is 7.98. The van der Waals surface area contributed by atoms with Crippen molar-refractivity contribution in [3.63, 3.8) is 0 Å². The number of halogens is 1. The van der Waals surface area contributed by atoms with Gasteiger partial charge in [0.15, 0.2) is 5.11 Å². The Morgan fingerprint density at radius 1 is 1.12 bits per heavy atom. The Labute approximate surface area is 202 Å². The van der Waals surface area contributed by atoms with E-state index in [0.29, 0.717) is 11.3 Å². The molecule has 9 nitrogen and oxygen atoms in total. The molecule has 0 unspecified atom stereocenters. The predicted molar refractivity (Wildman–Crippen MR) is 124 cm³/mol. The number of nitrogens with one attached hydrogen (secondary N) is 1. The number of aryl methyl sites for hydroxylation is 1. The molecule has 0 atom stereocenters. The number of thiocarbonyl (C=S) groups is 1. The Bertz CT molecular complexity index is 1160. The number of hydrogen-bond acceptors (Lipinski definition) is 6. The van der Waals surface area contributed by atoms with Crippen molar-refractivity contribution in [1.82, 2.24) is 5.32 Å². The summed E-state index contributed by atoms with van der Waals surface area (Å²) in [5.74, 6) is -1.20. The van der Waals surface area contributed by atoms with Gasteiger partial charge in [0, 0.05) is 23.4 Å². The van der Waals surface area contributed by atoms with Gasteiger partial charge < -0.3 is 22.6 Å². The summed E-state index contributed by atoms with van der Waals surface area (Å²) in [4.78, 5) is 40.4. The molecule has 0 bridgehead atoms. The average molecular weight is 488 g/mol. The van der Waals surface area contributed by atoms with Crippen LogP contribution in [0.4, 0.5) is 17.1 Å². The lowest BCUT2D eigenvalue weighted by Crippen LogP contribution is -3.00. The highest BCUT2D eigenvalue weighted by atomic mass is 35.5. The molecule has 3 N–H and O–H groups in total. The molecule has 2 fully saturated rings. The van der Waals surface area contributed by atoms with E-state index in [-0.39, 0.29) is 28.8 Å². The monoisotopic (exact) mass is 487 g/mol. The van der Waals surface area contributed by atoms with Crippen molar-refractivity contribution in [3.05, 3.63) is 69.3 Å². The van der Waals surface area contributed by atoms with Crippen LogP contribution in [-0.2, 0) is 9.59 Å². The second kappa shape index (κ2) is 10.1. The summed E-state index contributed by atoms with van der Waals surface area (Å²) in [5, 5.41) is 16.1. The Balaban J connectivity index is 0.00000306. The quantitative estimate of drug-likeness (QED) is 0.172. The van der Waals surface area contributed by atoms with Crippen molar-refractivity contribution in [2.24, 2.45) is 0 Å². The van der Waals surface area contributed by atoms with E-state index in [4.69, 9.17) is 12.2 Å². The number of quaternary nitrogens is 1. The molecule has 33 heavy (non-hydrogen) atoms. The molecule has 0 spiro atoms. The van der Waals surface area contributed by atoms with Crippen molar-refractivity contribution < 1.29 is 32.2 Å². The number of carbonyl (C=O) groups excluding carboxylic acids is 2. The van der Waals surface area contributed by atoms with Crippen molar-refractivity contribution >= 4 is 52.3 Å². The van der Waals surface area contributed by atoms with E-state index in [0.717, 1.165) is 37.4 Å². The molecule has 2 aromatic rings. The zero-order valence-corrected chi connectivity index (χ0v) is 19.4. The van der Waals surface area contributed by atoms with Gasteiger partial charge in [-0.15, -0.1) is 0 Å². The summed E-state index contributed by atoms with van der Waals surface area (Å²) in [6.07, 6.45) is 1.42. The maximum Gasteiger partial charge on any atom is 0.270 e. The lowest BCUT2D eigenvalue weighted by Gasteiger charge is -2.31. The minimum Gasteiger partial charge on any atom is -1.00 e. The van der Waals surface area contributed by atoms with Crippen LogP contribution in [0.2, 0.25) is 0 Å². The van der Waals surface area contributed by atoms with Gasteiger partial charge in [0.05, 0.1) is 36.8 Å². The summed E-state index contributed by atoms with van der Waals surface area (Å²) in [6, 6.07) is 11.7. The Hall–Kier alpha value is -3.34. The normalized spacial score (nSPS) is 17.6. The first-order chi connectivity index (χ1) is 15.4. The van der Waals surface area contributed by atoms with Crippen LogP contribution in [0.15, 0.2) is 48.0 Å². The van der Waals surface area contributed by atoms with Crippen molar-refractivity contribution in [2.75, 3.05) is 36.0 Å². The van der Waals surface area contributed by atoms with Gasteiger partial charge in [0.25, 0.3) is 17.5 Å². The van der Waals surface area contributed by atoms with E-state index in [2.05, 4.69) is 15.5 Å². The molecule has 0 aliphatic carbocycles. The number of hydrogen-bond donors (Lipinski definition) is 2. The van der Waals surface area contributed by atoms with E-state index >= 15 is 0 Å². The van der Waals surface area contributed by atoms with E-state index in [1.54, 1.807) is 18.2 Å². The van der Waals surface area contributed by atoms with Crippen LogP contribution < -0.4 is 32.8 Å². The number of nitro benzene ring substituents is 1. The van der Waals surface area contributed by atoms with Crippen LogP contribution in [0, 0.1) is 17.0 Å². The third-order valence-corrected chi connectivity index (χ3v) is 5.81. The first-order valence-electron chi connectivity index (χ1n) is 10.2. The summed E-state index contributed by atoms with van der Waals surface area (Å²) < 4.78 is 0. The summed E-state index contributed by atoms with van der Waals surface area (Å²) in [6.45, 7) is 5.14. The maximum absolute atomic E-state index is 13.4. The summed E-state index contributed by atoms with van der Waals surface area (Å²) in [5.41, 5.74) is 2.33. The van der Waals surface area contributed by atoms with Gasteiger partial charge in [0.2, 0.25) is 0 Å². The van der Waals surface area contributed by atoms with Crippen LogP contribution in [0.3, 0.4) is 0 Å². The van der Waals surface area contributed by atoms with E-state index in [1.165, 1.54) is 23.1 Å². The molecule has 2 aliphatic rings. The van der Waals surface area contributed by atoms with E-state index < -0.39 is 16.7 Å². The molecule has 11 heteroatoms. The lowest BCUT2D eigenvalue weighted by molar-refractivity contribution is -0.655. The zero-order chi connectivity index (χ0) is 22.8. The smallest absolute Gasteiger partial charge is 0.270 e. The molecule has 0 aromatic heterocycles. The number of piperazine rings is 1. The molecular formula is C22H22ClN5O4S. The van der Waals surface area contributed by atoms with Crippen LogP contribution >= 0.6 is 12.2 Å². The van der Waals surface area contributed by atoms with Gasteiger partial charge >= 0.3 is 0 Å². The minimum atomic E-state index is -0.630. The SMILES string of the molecule is Cc1ccccc1N1C(=O)/C(=C\c2cc([N+](=O)[O-])ccc2N2CC[NH2+]CC2)C(=O)NC1=S.[Cl-]. The fourth-order valence-electron chi connectivity index (χ4n) is 3.90. The van der Waals surface area contributed by atoms with Gasteiger partial charge in [0.1, 0.15) is 5.57 Å². The molecule has 172 valence electrons. The zero-order valence-electron chi connectivity index (χ0n) is 17.8. The number of carbonyl (C=O) groups is 2. The minimum absolute atomic E-state index is 0. The number of rotatable bonds is 4. The maximum atomic E-state index is 13.4. The number of nitro groups is 1. The molecule has 2 heterocycles. The molecule has 0 radical (unpaired) electrons. The first-order valence-corrected chi connectivity index (χ1v) is 10.6. The topological polar surface area (TPSA) is 112 Å². The van der Waals surface area contributed by atoms with Crippen LogP contribution in [0.25, 0.3) is 6.08 Å². The number of amides is 2. The average Bonchev–Trinajstić information content (AvgIpc) is 2.78. The van der Waals surface area contributed by atoms with Gasteiger partial charge in [-0.1, -0.05) is 18.2 Å². The van der Waals surface area contributed by atoms with E-state index in [9.17, 15) is 19.7 Å². The second-order valence-electron chi connectivity index (χ2n) is 7.60. The third kappa shape index (κ3) is 4.87. The number of anilines is 2. The molecule has 2 amide bonds. The standard InChI is InChI=1S/C22H21N5O4S.ClH/c1-14-4-2-3-5-18(14)26-21(29)17(20(28)24-22(26)32)13-15-12-16(27(30)31)6-7-19(15)25-10-8-23-9-11-25;/h2-7,12-13,23H,8-11H2,1H3,(H,24,28,32);1H/b17-13-;. The molecule has 0 saturated carbocycles. The predicted octanol–water partition coefficient (Wildman–Crippen LogP) is -1.88. The lowest BCUT2D eigenvalue weighted by atomic mass is 10.0. The fraction of sp³-hybridized carbons (Fsp3) is 0.227. The van der Waals surface area contributed by atoms with Crippen LogP contribution in [0.1, 0.15) is 11.1 Å². The third-order valence-electron chi connectivity index (χ3n) is 5.53. The van der Waals surface area contributed by atoms with Crippen LogP contribution in [0.5, 0.6) is 0 Å². The Morgan fingerprint density at radius 2 is 1.82 bits per heavy atom. The van der Waals surface area contributed by atoms with Gasteiger partial charge in [-0.25, -0.2) is 0 Å². The number of nitrogens with zero attached hydrogens (tertiary/aromatic N) is 3.